The normalized spacial score (nSPS) is 8.45. The zero-order valence-electron chi connectivity index (χ0n) is 5.32. The Morgan fingerprint density at radius 3 is 2.64 bits per heavy atom. The minimum Gasteiger partial charge on any atom is -0.476 e. The Morgan fingerprint density at radius 1 is 1.64 bits per heavy atom. The lowest BCUT2D eigenvalue weighted by Crippen LogP contribution is -1.99. The maximum absolute atomic E-state index is 10.3. The zero-order chi connectivity index (χ0) is 7.56. The number of aromatic nitrogens is 1. The van der Waals surface area contributed by atoms with Crippen LogP contribution in [0.25, 0.3) is 0 Å². The van der Waals surface area contributed by atoms with Gasteiger partial charge in [0.05, 0.1) is 4.47 Å². The van der Waals surface area contributed by atoms with Gasteiger partial charge in [-0.15, -0.1) is 12.4 Å². The average Bonchev–Trinajstić information content (AvgIpc) is 1.88. The number of halogens is 2. The lowest BCUT2D eigenvalue weighted by atomic mass is 10.4. The fraction of sp³-hybridized carbons (Fsp3) is 0. The summed E-state index contributed by atoms with van der Waals surface area (Å²) in [6, 6.07) is 3.30. The van der Waals surface area contributed by atoms with Gasteiger partial charge in [0.2, 0.25) is 0 Å². The topological polar surface area (TPSA) is 50.2 Å². The molecule has 60 valence electrons. The molecule has 0 atom stereocenters. The highest BCUT2D eigenvalue weighted by molar-refractivity contribution is 9.10. The molecule has 0 fully saturated rings. The van der Waals surface area contributed by atoms with Crippen LogP contribution in [0.15, 0.2) is 22.8 Å². The molecule has 0 aromatic carbocycles. The summed E-state index contributed by atoms with van der Waals surface area (Å²) in [5, 5.41) is 8.47. The maximum Gasteiger partial charge on any atom is 0.355 e. The molecule has 0 radical (unpaired) electrons. The van der Waals surface area contributed by atoms with Crippen LogP contribution < -0.4 is 0 Å². The minimum atomic E-state index is -1.02. The van der Waals surface area contributed by atoms with E-state index in [-0.39, 0.29) is 18.1 Å². The van der Waals surface area contributed by atoms with Crippen LogP contribution >= 0.6 is 28.3 Å². The molecule has 1 N–H and O–H groups in total. The summed E-state index contributed by atoms with van der Waals surface area (Å²) in [6.45, 7) is 0. The first-order valence-corrected chi connectivity index (χ1v) is 3.35. The van der Waals surface area contributed by atoms with Crippen molar-refractivity contribution < 1.29 is 9.90 Å². The monoisotopic (exact) mass is 237 g/mol. The molecule has 0 saturated heterocycles. The summed E-state index contributed by atoms with van der Waals surface area (Å²) >= 11 is 3.05. The van der Waals surface area contributed by atoms with Crippen LogP contribution in [0.1, 0.15) is 10.5 Å². The number of carboxylic acids is 1. The molecule has 1 aromatic heterocycles. The number of hydrogen-bond donors (Lipinski definition) is 1. The number of rotatable bonds is 1. The predicted molar refractivity (Wildman–Crippen MR) is 46.1 cm³/mol. The summed E-state index contributed by atoms with van der Waals surface area (Å²) in [5.41, 5.74) is 0.0440. The highest BCUT2D eigenvalue weighted by Crippen LogP contribution is 2.12. The summed E-state index contributed by atoms with van der Waals surface area (Å²) in [6.07, 6.45) is 1.44. The zero-order valence-corrected chi connectivity index (χ0v) is 7.72. The van der Waals surface area contributed by atoms with Gasteiger partial charge < -0.3 is 5.11 Å². The molecule has 1 heterocycles. The van der Waals surface area contributed by atoms with Gasteiger partial charge >= 0.3 is 5.97 Å². The maximum atomic E-state index is 10.3. The van der Waals surface area contributed by atoms with Crippen molar-refractivity contribution in [2.24, 2.45) is 0 Å². The summed E-state index contributed by atoms with van der Waals surface area (Å²) in [5.74, 6) is -1.02. The molecule has 0 aliphatic rings. The van der Waals surface area contributed by atoms with Crippen molar-refractivity contribution in [1.82, 2.24) is 4.98 Å². The van der Waals surface area contributed by atoms with Crippen LogP contribution in [0.4, 0.5) is 0 Å². The summed E-state index contributed by atoms with van der Waals surface area (Å²) in [4.78, 5) is 14.0. The molecule has 5 heteroatoms. The Bertz CT molecular complexity index is 267. The van der Waals surface area contributed by atoms with Crippen molar-refractivity contribution in [3.8, 4) is 0 Å². The van der Waals surface area contributed by atoms with Gasteiger partial charge in [0, 0.05) is 6.20 Å². The second-order valence-corrected chi connectivity index (χ2v) is 2.49. The van der Waals surface area contributed by atoms with E-state index >= 15 is 0 Å². The standard InChI is InChI=1S/C6H4BrNO2.ClH/c7-4-2-1-3-8-5(4)6(9)10;/h1-3H,(H,9,10);1H. The van der Waals surface area contributed by atoms with Gasteiger partial charge in [0.1, 0.15) is 0 Å². The van der Waals surface area contributed by atoms with Gasteiger partial charge in [-0.25, -0.2) is 9.78 Å². The van der Waals surface area contributed by atoms with E-state index < -0.39 is 5.97 Å². The highest BCUT2D eigenvalue weighted by Gasteiger charge is 2.06. The quantitative estimate of drug-likeness (QED) is 0.814. The van der Waals surface area contributed by atoms with Crippen LogP contribution in [0, 0.1) is 0 Å². The van der Waals surface area contributed by atoms with Crippen LogP contribution in [0.5, 0.6) is 0 Å². The molecule has 0 aliphatic heterocycles. The molecule has 0 spiro atoms. The number of aromatic carboxylic acids is 1. The lowest BCUT2D eigenvalue weighted by molar-refractivity contribution is 0.0689. The van der Waals surface area contributed by atoms with Gasteiger partial charge in [0.25, 0.3) is 0 Å². The van der Waals surface area contributed by atoms with Crippen molar-refractivity contribution >= 4 is 34.3 Å². The summed E-state index contributed by atoms with van der Waals surface area (Å²) in [7, 11) is 0. The molecule has 0 aliphatic carbocycles. The third-order valence-electron chi connectivity index (χ3n) is 0.961. The van der Waals surface area contributed by atoms with Crippen molar-refractivity contribution in [3.05, 3.63) is 28.5 Å². The molecule has 3 nitrogen and oxygen atoms in total. The predicted octanol–water partition coefficient (Wildman–Crippen LogP) is 1.96. The van der Waals surface area contributed by atoms with E-state index in [0.717, 1.165) is 0 Å². The third-order valence-corrected chi connectivity index (χ3v) is 1.60. The van der Waals surface area contributed by atoms with Crippen LogP contribution in [-0.2, 0) is 0 Å². The second-order valence-electron chi connectivity index (χ2n) is 1.64. The first-order valence-electron chi connectivity index (χ1n) is 2.55. The average molecular weight is 238 g/mol. The Morgan fingerprint density at radius 2 is 2.27 bits per heavy atom. The lowest BCUT2D eigenvalue weighted by Gasteiger charge is -1.93. The second kappa shape index (κ2) is 4.31. The van der Waals surface area contributed by atoms with Crippen LogP contribution in [0.2, 0.25) is 0 Å². The minimum absolute atomic E-state index is 0. The van der Waals surface area contributed by atoms with Crippen molar-refractivity contribution in [2.45, 2.75) is 0 Å². The smallest absolute Gasteiger partial charge is 0.355 e. The summed E-state index contributed by atoms with van der Waals surface area (Å²) < 4.78 is 0.502. The van der Waals surface area contributed by atoms with E-state index in [9.17, 15) is 4.79 Å². The van der Waals surface area contributed by atoms with Gasteiger partial charge in [-0.2, -0.15) is 0 Å². The Kier molecular flexibility index (Phi) is 4.07. The molecular weight excluding hydrogens is 233 g/mol. The number of carbonyl (C=O) groups is 1. The Hall–Kier alpha value is -0.610. The molecule has 0 unspecified atom stereocenters. The molecule has 0 bridgehead atoms. The largest absolute Gasteiger partial charge is 0.476 e. The van der Waals surface area contributed by atoms with Crippen LogP contribution in [0.3, 0.4) is 0 Å². The molecule has 11 heavy (non-hydrogen) atoms. The Labute approximate surface area is 78.0 Å². The number of nitrogens with zero attached hydrogens (tertiary/aromatic N) is 1. The first kappa shape index (κ1) is 10.4. The Balaban J connectivity index is 0.000001000. The molecular formula is C6H5BrClNO2. The van der Waals surface area contributed by atoms with Gasteiger partial charge in [0.15, 0.2) is 5.69 Å². The van der Waals surface area contributed by atoms with E-state index in [1.54, 1.807) is 12.1 Å². The van der Waals surface area contributed by atoms with Crippen molar-refractivity contribution in [3.63, 3.8) is 0 Å². The highest BCUT2D eigenvalue weighted by atomic mass is 79.9. The van der Waals surface area contributed by atoms with E-state index in [4.69, 9.17) is 5.11 Å². The van der Waals surface area contributed by atoms with Gasteiger partial charge in [-0.3, -0.25) is 0 Å². The molecule has 0 amide bonds. The number of hydrogen-bond acceptors (Lipinski definition) is 2. The van der Waals surface area contributed by atoms with Crippen LogP contribution in [-0.4, -0.2) is 16.1 Å². The fourth-order valence-electron chi connectivity index (χ4n) is 0.543. The molecule has 0 saturated carbocycles. The fourth-order valence-corrected chi connectivity index (χ4v) is 0.968. The third kappa shape index (κ3) is 2.48. The molecule has 1 aromatic rings. The van der Waals surface area contributed by atoms with Gasteiger partial charge in [-0.05, 0) is 28.1 Å². The molecule has 1 rings (SSSR count). The van der Waals surface area contributed by atoms with E-state index in [0.29, 0.717) is 4.47 Å². The van der Waals surface area contributed by atoms with E-state index in [2.05, 4.69) is 20.9 Å². The van der Waals surface area contributed by atoms with E-state index in [1.165, 1.54) is 6.20 Å². The van der Waals surface area contributed by atoms with E-state index in [1.807, 2.05) is 0 Å². The first-order chi connectivity index (χ1) is 4.72. The van der Waals surface area contributed by atoms with Crippen molar-refractivity contribution in [2.75, 3.05) is 0 Å². The van der Waals surface area contributed by atoms with Gasteiger partial charge in [-0.1, -0.05) is 0 Å². The number of pyridine rings is 1. The van der Waals surface area contributed by atoms with Crippen molar-refractivity contribution in [1.29, 1.82) is 0 Å². The SMILES string of the molecule is Cl.O=C(O)c1ncccc1Br. The number of carboxylic acid groups (broad SMARTS) is 1.